The van der Waals surface area contributed by atoms with E-state index in [2.05, 4.69) is 9.71 Å². The molecule has 8 heteroatoms. The Bertz CT molecular complexity index is 810. The van der Waals surface area contributed by atoms with Crippen LogP contribution in [-0.2, 0) is 10.0 Å². The van der Waals surface area contributed by atoms with E-state index in [1.807, 2.05) is 0 Å². The van der Waals surface area contributed by atoms with Crippen molar-refractivity contribution in [1.82, 2.24) is 9.71 Å². The van der Waals surface area contributed by atoms with Gasteiger partial charge in [0, 0.05) is 12.1 Å². The number of hydrogen-bond acceptors (Lipinski definition) is 5. The van der Waals surface area contributed by atoms with Crippen molar-refractivity contribution in [3.63, 3.8) is 0 Å². The van der Waals surface area contributed by atoms with Crippen molar-refractivity contribution in [2.24, 2.45) is 0 Å². The molecule has 1 aliphatic rings. The first kappa shape index (κ1) is 13.3. The molecule has 0 amide bonds. The molecule has 108 valence electrons. The fourth-order valence-corrected chi connectivity index (χ4v) is 3.72. The number of aromatic amines is 1. The number of aliphatic hydroxyl groups is 1. The summed E-state index contributed by atoms with van der Waals surface area (Å²) in [5, 5.41) is 9.61. The lowest BCUT2D eigenvalue weighted by atomic mass is 9.78. The summed E-state index contributed by atoms with van der Waals surface area (Å²) < 4.78 is 31.7. The first-order valence-electron chi connectivity index (χ1n) is 6.13. The minimum absolute atomic E-state index is 0.0271. The van der Waals surface area contributed by atoms with Crippen LogP contribution in [0.25, 0.3) is 11.1 Å². The van der Waals surface area contributed by atoms with Gasteiger partial charge in [-0.2, -0.15) is 0 Å². The van der Waals surface area contributed by atoms with Crippen LogP contribution in [0.2, 0.25) is 0 Å². The molecule has 0 atom stereocenters. The molecule has 20 heavy (non-hydrogen) atoms. The summed E-state index contributed by atoms with van der Waals surface area (Å²) in [7, 11) is -3.69. The molecule has 1 fully saturated rings. The molecule has 1 aromatic heterocycles. The summed E-state index contributed by atoms with van der Waals surface area (Å²) >= 11 is 0. The van der Waals surface area contributed by atoms with Gasteiger partial charge in [0.15, 0.2) is 5.58 Å². The molecule has 2 aromatic rings. The summed E-state index contributed by atoms with van der Waals surface area (Å²) in [4.78, 5) is 13.5. The quantitative estimate of drug-likeness (QED) is 0.755. The highest BCUT2D eigenvalue weighted by atomic mass is 32.2. The van der Waals surface area contributed by atoms with Gasteiger partial charge >= 0.3 is 5.76 Å². The highest BCUT2D eigenvalue weighted by Crippen LogP contribution is 2.32. The van der Waals surface area contributed by atoms with Crippen LogP contribution in [-0.4, -0.2) is 30.2 Å². The Kier molecular flexibility index (Phi) is 2.79. The molecule has 0 unspecified atom stereocenters. The Morgan fingerprint density at radius 2 is 2.15 bits per heavy atom. The van der Waals surface area contributed by atoms with E-state index in [1.54, 1.807) is 6.92 Å². The van der Waals surface area contributed by atoms with Gasteiger partial charge in [0.2, 0.25) is 10.0 Å². The second-order valence-corrected chi connectivity index (χ2v) is 7.11. The second kappa shape index (κ2) is 4.18. The Morgan fingerprint density at radius 3 is 2.80 bits per heavy atom. The number of nitrogens with one attached hydrogen (secondary N) is 2. The van der Waals surface area contributed by atoms with Crippen LogP contribution >= 0.6 is 0 Å². The summed E-state index contributed by atoms with van der Waals surface area (Å²) in [6, 6.07) is 3.90. The topological polar surface area (TPSA) is 112 Å². The molecule has 0 saturated heterocycles. The maximum atomic E-state index is 12.2. The third-order valence-electron chi connectivity index (χ3n) is 3.40. The molecule has 7 nitrogen and oxygen atoms in total. The average molecular weight is 298 g/mol. The van der Waals surface area contributed by atoms with E-state index in [1.165, 1.54) is 18.2 Å². The first-order chi connectivity index (χ1) is 9.25. The van der Waals surface area contributed by atoms with Crippen LogP contribution in [0.5, 0.6) is 0 Å². The standard InChI is InChI=1S/C12H14N2O5S/c1-12(16)5-7(6-12)14-20(17,18)8-2-3-9-10(4-8)19-11(15)13-9/h2-4,7,14,16H,5-6H2,1H3,(H,13,15). The van der Waals surface area contributed by atoms with Gasteiger partial charge in [0.25, 0.3) is 0 Å². The normalized spacial score (nSPS) is 26.6. The number of H-pyrrole nitrogens is 1. The van der Waals surface area contributed by atoms with Crippen molar-refractivity contribution >= 4 is 21.1 Å². The van der Waals surface area contributed by atoms with Crippen molar-refractivity contribution in [3.8, 4) is 0 Å². The lowest BCUT2D eigenvalue weighted by molar-refractivity contribution is -0.0329. The molecular weight excluding hydrogens is 284 g/mol. The zero-order chi connectivity index (χ0) is 14.5. The number of oxazole rings is 1. The van der Waals surface area contributed by atoms with Gasteiger partial charge < -0.3 is 9.52 Å². The molecule has 1 aromatic carbocycles. The Morgan fingerprint density at radius 1 is 1.45 bits per heavy atom. The van der Waals surface area contributed by atoms with Gasteiger partial charge in [-0.3, -0.25) is 4.98 Å². The highest BCUT2D eigenvalue weighted by Gasteiger charge is 2.40. The smallest absolute Gasteiger partial charge is 0.408 e. The van der Waals surface area contributed by atoms with E-state index < -0.39 is 21.4 Å². The van der Waals surface area contributed by atoms with E-state index >= 15 is 0 Å². The van der Waals surface area contributed by atoms with E-state index in [-0.39, 0.29) is 16.5 Å². The van der Waals surface area contributed by atoms with E-state index in [0.29, 0.717) is 18.4 Å². The largest absolute Gasteiger partial charge is 0.417 e. The zero-order valence-electron chi connectivity index (χ0n) is 10.7. The molecule has 0 aliphatic heterocycles. The van der Waals surface area contributed by atoms with Crippen LogP contribution in [0.3, 0.4) is 0 Å². The van der Waals surface area contributed by atoms with Crippen LogP contribution in [0, 0.1) is 0 Å². The molecule has 3 rings (SSSR count). The number of hydrogen-bond donors (Lipinski definition) is 3. The molecule has 1 saturated carbocycles. The number of sulfonamides is 1. The lowest BCUT2D eigenvalue weighted by Crippen LogP contribution is -2.53. The Hall–Kier alpha value is -1.64. The summed E-state index contributed by atoms with van der Waals surface area (Å²) in [5.74, 6) is -0.627. The zero-order valence-corrected chi connectivity index (χ0v) is 11.5. The van der Waals surface area contributed by atoms with Gasteiger partial charge in [-0.15, -0.1) is 0 Å². The fraction of sp³-hybridized carbons (Fsp3) is 0.417. The van der Waals surface area contributed by atoms with Crippen molar-refractivity contribution < 1.29 is 17.9 Å². The van der Waals surface area contributed by atoms with Gasteiger partial charge in [0.05, 0.1) is 16.0 Å². The van der Waals surface area contributed by atoms with Crippen LogP contribution in [0.1, 0.15) is 19.8 Å². The molecule has 0 bridgehead atoms. The van der Waals surface area contributed by atoms with E-state index in [0.717, 1.165) is 0 Å². The highest BCUT2D eigenvalue weighted by molar-refractivity contribution is 7.89. The number of benzene rings is 1. The predicted molar refractivity (Wildman–Crippen MR) is 70.8 cm³/mol. The first-order valence-corrected chi connectivity index (χ1v) is 7.61. The van der Waals surface area contributed by atoms with Crippen molar-refractivity contribution in [3.05, 3.63) is 28.7 Å². The monoisotopic (exact) mass is 298 g/mol. The third kappa shape index (κ3) is 2.37. The molecule has 1 heterocycles. The van der Waals surface area contributed by atoms with E-state index in [9.17, 15) is 18.3 Å². The third-order valence-corrected chi connectivity index (χ3v) is 4.92. The molecule has 0 radical (unpaired) electrons. The second-order valence-electron chi connectivity index (χ2n) is 5.40. The Labute approximate surface area is 114 Å². The SMILES string of the molecule is CC1(O)CC(NS(=O)(=O)c2ccc3[nH]c(=O)oc3c2)C1. The molecule has 1 aliphatic carbocycles. The maximum absolute atomic E-state index is 12.2. The number of aromatic nitrogens is 1. The minimum Gasteiger partial charge on any atom is -0.408 e. The van der Waals surface area contributed by atoms with Crippen molar-refractivity contribution in [2.75, 3.05) is 0 Å². The van der Waals surface area contributed by atoms with Crippen LogP contribution in [0.4, 0.5) is 0 Å². The van der Waals surface area contributed by atoms with Crippen molar-refractivity contribution in [1.29, 1.82) is 0 Å². The molecule has 0 spiro atoms. The lowest BCUT2D eigenvalue weighted by Gasteiger charge is -2.40. The van der Waals surface area contributed by atoms with Crippen LogP contribution < -0.4 is 10.5 Å². The molecule has 3 N–H and O–H groups in total. The Balaban J connectivity index is 1.87. The average Bonchev–Trinajstić information content (AvgIpc) is 2.64. The van der Waals surface area contributed by atoms with Gasteiger partial charge in [-0.1, -0.05) is 0 Å². The predicted octanol–water partition coefficient (Wildman–Crippen LogP) is 0.313. The van der Waals surface area contributed by atoms with Gasteiger partial charge in [-0.05, 0) is 31.9 Å². The van der Waals surface area contributed by atoms with Crippen molar-refractivity contribution in [2.45, 2.75) is 36.3 Å². The fourth-order valence-electron chi connectivity index (χ4n) is 2.47. The number of fused-ring (bicyclic) bond motifs is 1. The molecular formula is C12H14N2O5S. The summed E-state index contributed by atoms with van der Waals surface area (Å²) in [6.07, 6.45) is 0.765. The maximum Gasteiger partial charge on any atom is 0.417 e. The van der Waals surface area contributed by atoms with Gasteiger partial charge in [-0.25, -0.2) is 17.9 Å². The van der Waals surface area contributed by atoms with Gasteiger partial charge in [0.1, 0.15) is 0 Å². The minimum atomic E-state index is -3.69. The van der Waals surface area contributed by atoms with Crippen LogP contribution in [0.15, 0.2) is 32.3 Å². The van der Waals surface area contributed by atoms with E-state index in [4.69, 9.17) is 4.42 Å². The summed E-state index contributed by atoms with van der Waals surface area (Å²) in [5.41, 5.74) is -0.163. The number of rotatable bonds is 3. The summed E-state index contributed by atoms with van der Waals surface area (Å²) in [6.45, 7) is 1.66.